The molecule has 0 unspecified atom stereocenters. The van der Waals surface area contributed by atoms with Crippen molar-refractivity contribution in [2.45, 2.75) is 6.92 Å². The molecule has 0 atom stereocenters. The van der Waals surface area contributed by atoms with Gasteiger partial charge in [0.1, 0.15) is 6.26 Å². The Bertz CT molecular complexity index is 362. The van der Waals surface area contributed by atoms with Crippen LogP contribution >= 0.6 is 15.9 Å². The molecule has 1 aromatic rings. The first-order valence-corrected chi connectivity index (χ1v) is 5.12. The van der Waals surface area contributed by atoms with Gasteiger partial charge in [-0.2, -0.15) is 4.98 Å². The van der Waals surface area contributed by atoms with Crippen LogP contribution in [0.25, 0.3) is 0 Å². The summed E-state index contributed by atoms with van der Waals surface area (Å²) in [6.45, 7) is 6.15. The van der Waals surface area contributed by atoms with Crippen LogP contribution in [0.2, 0.25) is 0 Å². The van der Waals surface area contributed by atoms with Gasteiger partial charge in [-0.25, -0.2) is 4.79 Å². The molecule has 0 spiro atoms. The van der Waals surface area contributed by atoms with Crippen molar-refractivity contribution in [2.75, 3.05) is 18.5 Å². The summed E-state index contributed by atoms with van der Waals surface area (Å²) in [6.07, 6.45) is 1.25. The van der Waals surface area contributed by atoms with E-state index in [1.165, 1.54) is 6.26 Å². The van der Waals surface area contributed by atoms with Crippen LogP contribution in [-0.2, 0) is 4.74 Å². The zero-order chi connectivity index (χ0) is 11.3. The Labute approximate surface area is 95.6 Å². The van der Waals surface area contributed by atoms with Gasteiger partial charge in [-0.15, -0.1) is 0 Å². The normalized spacial score (nSPS) is 9.73. The maximum atomic E-state index is 11.2. The molecule has 1 rings (SSSR count). The molecule has 1 heterocycles. The highest BCUT2D eigenvalue weighted by Gasteiger charge is 2.12. The summed E-state index contributed by atoms with van der Waals surface area (Å²) in [6, 6.07) is 0.263. The van der Waals surface area contributed by atoms with Gasteiger partial charge in [-0.3, -0.25) is 0 Å². The fourth-order valence-electron chi connectivity index (χ4n) is 0.825. The first-order valence-electron chi connectivity index (χ1n) is 4.33. The van der Waals surface area contributed by atoms with E-state index in [-0.39, 0.29) is 11.7 Å². The van der Waals surface area contributed by atoms with Crippen molar-refractivity contribution in [3.63, 3.8) is 0 Å². The molecule has 0 amide bonds. The predicted molar refractivity (Wildman–Crippen MR) is 59.0 cm³/mol. The minimum atomic E-state index is -0.494. The third-order valence-electron chi connectivity index (χ3n) is 1.42. The highest BCUT2D eigenvalue weighted by molar-refractivity contribution is 9.11. The molecule has 0 aliphatic carbocycles. The van der Waals surface area contributed by atoms with Crippen molar-refractivity contribution >= 4 is 27.9 Å². The third-order valence-corrected chi connectivity index (χ3v) is 1.70. The van der Waals surface area contributed by atoms with Crippen LogP contribution < -0.4 is 5.32 Å². The first kappa shape index (κ1) is 11.8. The van der Waals surface area contributed by atoms with Crippen molar-refractivity contribution in [1.82, 2.24) is 4.98 Å². The molecule has 15 heavy (non-hydrogen) atoms. The smallest absolute Gasteiger partial charge is 0.360 e. The molecule has 1 N–H and O–H groups in total. The Balaban J connectivity index is 2.56. The number of rotatable bonds is 5. The second-order valence-corrected chi connectivity index (χ2v) is 3.75. The molecule has 82 valence electrons. The molecule has 0 fully saturated rings. The predicted octanol–water partition coefficient (Wildman–Crippen LogP) is 2.17. The Morgan fingerprint density at radius 2 is 2.53 bits per heavy atom. The number of hydrogen-bond acceptors (Lipinski definition) is 5. The fourth-order valence-corrected chi connectivity index (χ4v) is 0.965. The number of ether oxygens (including phenoxy) is 1. The summed E-state index contributed by atoms with van der Waals surface area (Å²) in [4.78, 5) is 15.1. The van der Waals surface area contributed by atoms with E-state index in [4.69, 9.17) is 9.15 Å². The quantitative estimate of drug-likeness (QED) is 0.834. The van der Waals surface area contributed by atoms with Gasteiger partial charge in [0.25, 0.3) is 6.01 Å². The van der Waals surface area contributed by atoms with Crippen molar-refractivity contribution in [3.05, 3.63) is 23.0 Å². The van der Waals surface area contributed by atoms with Gasteiger partial charge in [0.15, 0.2) is 5.69 Å². The highest BCUT2D eigenvalue weighted by atomic mass is 79.9. The summed E-state index contributed by atoms with van der Waals surface area (Å²) in [5, 5.41) is 2.83. The van der Waals surface area contributed by atoms with E-state index in [0.717, 1.165) is 4.48 Å². The summed E-state index contributed by atoms with van der Waals surface area (Å²) >= 11 is 3.17. The van der Waals surface area contributed by atoms with Crippen LogP contribution in [0.5, 0.6) is 0 Å². The van der Waals surface area contributed by atoms with E-state index in [2.05, 4.69) is 32.8 Å². The monoisotopic (exact) mass is 274 g/mol. The number of anilines is 1. The molecule has 0 bridgehead atoms. The number of carbonyl (C=O) groups excluding carboxylic acids is 1. The Morgan fingerprint density at radius 1 is 1.80 bits per heavy atom. The average molecular weight is 275 g/mol. The van der Waals surface area contributed by atoms with Gasteiger partial charge in [-0.05, 0) is 6.92 Å². The molecule has 0 radical (unpaired) electrons. The average Bonchev–Trinajstić information content (AvgIpc) is 2.63. The SMILES string of the molecule is C=C(Br)CNc1nc(C(=O)OCC)co1. The number of nitrogens with one attached hydrogen (secondary N) is 1. The molecule has 0 saturated carbocycles. The largest absolute Gasteiger partial charge is 0.461 e. The number of oxazole rings is 1. The Morgan fingerprint density at radius 3 is 3.13 bits per heavy atom. The minimum absolute atomic E-state index is 0.152. The Hall–Kier alpha value is -1.30. The summed E-state index contributed by atoms with van der Waals surface area (Å²) in [5.74, 6) is -0.494. The maximum absolute atomic E-state index is 11.2. The topological polar surface area (TPSA) is 64.4 Å². The number of hydrogen-bond donors (Lipinski definition) is 1. The molecule has 0 aromatic carbocycles. The highest BCUT2D eigenvalue weighted by Crippen LogP contribution is 2.10. The molecule has 5 nitrogen and oxygen atoms in total. The van der Waals surface area contributed by atoms with E-state index >= 15 is 0 Å². The summed E-state index contributed by atoms with van der Waals surface area (Å²) < 4.78 is 10.5. The molecule has 0 saturated heterocycles. The van der Waals surface area contributed by atoms with Crippen LogP contribution in [0.1, 0.15) is 17.4 Å². The van der Waals surface area contributed by atoms with Crippen molar-refractivity contribution in [3.8, 4) is 0 Å². The van der Waals surface area contributed by atoms with Gasteiger partial charge < -0.3 is 14.5 Å². The van der Waals surface area contributed by atoms with Gasteiger partial charge in [0.2, 0.25) is 0 Å². The van der Waals surface area contributed by atoms with Gasteiger partial charge >= 0.3 is 5.97 Å². The van der Waals surface area contributed by atoms with Crippen molar-refractivity contribution in [1.29, 1.82) is 0 Å². The maximum Gasteiger partial charge on any atom is 0.360 e. The van der Waals surface area contributed by atoms with E-state index in [0.29, 0.717) is 13.2 Å². The molecular formula is C9H11BrN2O3. The standard InChI is InChI=1S/C9H11BrN2O3/c1-3-14-8(13)7-5-15-9(12-7)11-4-6(2)10/h5H,2-4H2,1H3,(H,11,12). The van der Waals surface area contributed by atoms with E-state index in [9.17, 15) is 4.79 Å². The van der Waals surface area contributed by atoms with Crippen LogP contribution in [0, 0.1) is 0 Å². The molecular weight excluding hydrogens is 264 g/mol. The molecule has 0 aliphatic heterocycles. The van der Waals surface area contributed by atoms with Gasteiger partial charge in [-0.1, -0.05) is 22.5 Å². The lowest BCUT2D eigenvalue weighted by molar-refractivity contribution is 0.0519. The number of halogens is 1. The van der Waals surface area contributed by atoms with Crippen molar-refractivity contribution < 1.29 is 13.9 Å². The lowest BCUT2D eigenvalue weighted by atomic mass is 10.5. The number of aromatic nitrogens is 1. The lowest BCUT2D eigenvalue weighted by Crippen LogP contribution is -2.06. The number of esters is 1. The van der Waals surface area contributed by atoms with Gasteiger partial charge in [0, 0.05) is 4.48 Å². The second kappa shape index (κ2) is 5.55. The number of nitrogens with zero attached hydrogens (tertiary/aromatic N) is 1. The van der Waals surface area contributed by atoms with E-state index < -0.39 is 5.97 Å². The third kappa shape index (κ3) is 3.75. The molecule has 1 aromatic heterocycles. The van der Waals surface area contributed by atoms with Gasteiger partial charge in [0.05, 0.1) is 13.2 Å². The van der Waals surface area contributed by atoms with E-state index in [1.54, 1.807) is 6.92 Å². The summed E-state index contributed by atoms with van der Waals surface area (Å²) in [7, 11) is 0. The summed E-state index contributed by atoms with van der Waals surface area (Å²) in [5.41, 5.74) is 0.152. The zero-order valence-corrected chi connectivity index (χ0v) is 9.83. The first-order chi connectivity index (χ1) is 7.13. The van der Waals surface area contributed by atoms with E-state index in [1.807, 2.05) is 0 Å². The van der Waals surface area contributed by atoms with Crippen LogP contribution in [0.3, 0.4) is 0 Å². The van der Waals surface area contributed by atoms with Crippen LogP contribution in [0.4, 0.5) is 6.01 Å². The van der Waals surface area contributed by atoms with Crippen molar-refractivity contribution in [2.24, 2.45) is 0 Å². The minimum Gasteiger partial charge on any atom is -0.461 e. The van der Waals surface area contributed by atoms with Crippen LogP contribution in [-0.4, -0.2) is 24.1 Å². The second-order valence-electron chi connectivity index (χ2n) is 2.63. The van der Waals surface area contributed by atoms with Crippen LogP contribution in [0.15, 0.2) is 21.7 Å². The zero-order valence-electron chi connectivity index (χ0n) is 8.25. The Kier molecular flexibility index (Phi) is 4.36. The lowest BCUT2D eigenvalue weighted by Gasteiger charge is -1.97. The fraction of sp³-hybridized carbons (Fsp3) is 0.333. The molecule has 0 aliphatic rings. The number of carbonyl (C=O) groups is 1. The molecule has 6 heteroatoms.